The van der Waals surface area contributed by atoms with Gasteiger partial charge >= 0.3 is 0 Å². The fourth-order valence-corrected chi connectivity index (χ4v) is 3.39. The Bertz CT molecular complexity index is 791. The Balaban J connectivity index is 0. The second-order valence-electron chi connectivity index (χ2n) is 9.26. The van der Waals surface area contributed by atoms with Gasteiger partial charge in [0.1, 0.15) is 0 Å². The fourth-order valence-electron chi connectivity index (χ4n) is 3.39. The zero-order chi connectivity index (χ0) is 26.7. The van der Waals surface area contributed by atoms with Crippen LogP contribution in [0, 0.1) is 41.5 Å². The van der Waals surface area contributed by atoms with Gasteiger partial charge in [-0.2, -0.15) is 15.3 Å². The van der Waals surface area contributed by atoms with Gasteiger partial charge in [-0.3, -0.25) is 15.3 Å². The average Bonchev–Trinajstić information content (AvgIpc) is 3.29. The van der Waals surface area contributed by atoms with Crippen LogP contribution < -0.4 is 16.4 Å². The van der Waals surface area contributed by atoms with Crippen molar-refractivity contribution in [1.82, 2.24) is 30.6 Å². The van der Waals surface area contributed by atoms with E-state index in [0.29, 0.717) is 0 Å². The van der Waals surface area contributed by atoms with E-state index in [2.05, 4.69) is 51.4 Å². The summed E-state index contributed by atoms with van der Waals surface area (Å²) in [5, 5.41) is 46.7. The third-order valence-corrected chi connectivity index (χ3v) is 4.42. The van der Waals surface area contributed by atoms with Crippen LogP contribution in [0.4, 0.5) is 0 Å². The van der Waals surface area contributed by atoms with Gasteiger partial charge in [-0.15, -0.1) is 0 Å². The Kier molecular flexibility index (Phi) is 17.1. The number of hydrogen-bond donors (Lipinski definition) is 6. The van der Waals surface area contributed by atoms with Gasteiger partial charge in [-0.05, 0) is 99.5 Å². The molecule has 0 aliphatic rings. The Morgan fingerprint density at radius 2 is 0.686 bits per heavy atom. The molecule has 0 bridgehead atoms. The first-order valence-electron chi connectivity index (χ1n) is 11.7. The SMILES string of the molecule is CC(C)O.CC(C)O.CC(C)O.Cc1n[nH]c(C)c1B(c1c(C)n[nH]c1C)c1c(C)n[nH]c1C.[Ti]. The predicted octanol–water partition coefficient (Wildman–Crippen LogP) is 1.38. The van der Waals surface area contributed by atoms with E-state index in [0.717, 1.165) is 34.2 Å². The van der Waals surface area contributed by atoms with Crippen LogP contribution >= 0.6 is 0 Å². The van der Waals surface area contributed by atoms with Crippen molar-refractivity contribution >= 4 is 23.1 Å². The van der Waals surface area contributed by atoms with Gasteiger partial charge in [0.25, 0.3) is 6.71 Å². The van der Waals surface area contributed by atoms with Gasteiger partial charge in [-0.1, -0.05) is 0 Å². The van der Waals surface area contributed by atoms with Crippen LogP contribution in [0.5, 0.6) is 0 Å². The minimum absolute atomic E-state index is 0. The number of aliphatic hydroxyl groups excluding tert-OH is 3. The predicted molar refractivity (Wildman–Crippen MR) is 141 cm³/mol. The third kappa shape index (κ3) is 12.2. The minimum atomic E-state index is -0.167. The molecule has 0 aliphatic heterocycles. The van der Waals surface area contributed by atoms with E-state index in [4.69, 9.17) is 15.3 Å². The maximum atomic E-state index is 8.06. The van der Waals surface area contributed by atoms with E-state index in [1.165, 1.54) is 16.4 Å². The molecule has 3 heterocycles. The molecule has 0 spiro atoms. The second kappa shape index (κ2) is 16.9. The molecule has 3 aromatic rings. The molecule has 0 fully saturated rings. The quantitative estimate of drug-likeness (QED) is 0.286. The first kappa shape index (κ1) is 35.5. The molecule has 0 amide bonds. The first-order valence-corrected chi connectivity index (χ1v) is 11.7. The summed E-state index contributed by atoms with van der Waals surface area (Å²) in [4.78, 5) is 0. The monoisotopic (exact) mass is 524 g/mol. The zero-order valence-corrected chi connectivity index (χ0v) is 25.1. The van der Waals surface area contributed by atoms with Crippen LogP contribution in [-0.4, -0.2) is 70.9 Å². The normalized spacial score (nSPS) is 10.1. The zero-order valence-electron chi connectivity index (χ0n) is 23.5. The molecule has 0 aliphatic carbocycles. The average molecular weight is 524 g/mol. The number of H-pyrrole nitrogens is 3. The summed E-state index contributed by atoms with van der Waals surface area (Å²) in [6, 6.07) is 0. The maximum Gasteiger partial charge on any atom is 0.255 e. The van der Waals surface area contributed by atoms with E-state index in [1.807, 2.05) is 20.8 Å². The van der Waals surface area contributed by atoms with Crippen LogP contribution in [0.1, 0.15) is 75.7 Å². The van der Waals surface area contributed by atoms with Crippen molar-refractivity contribution in [3.63, 3.8) is 0 Å². The van der Waals surface area contributed by atoms with Gasteiger partial charge in [0.2, 0.25) is 0 Å². The Morgan fingerprint density at radius 1 is 0.514 bits per heavy atom. The van der Waals surface area contributed by atoms with Gasteiger partial charge in [-0.25, -0.2) is 0 Å². The van der Waals surface area contributed by atoms with Crippen molar-refractivity contribution in [3.8, 4) is 0 Å². The van der Waals surface area contributed by atoms with E-state index >= 15 is 0 Å². The number of aryl methyl sites for hydroxylation is 6. The fraction of sp³-hybridized carbons (Fsp3) is 0.625. The molecule has 3 aromatic heterocycles. The van der Waals surface area contributed by atoms with Gasteiger partial charge in [0.15, 0.2) is 0 Å². The topological polar surface area (TPSA) is 147 Å². The van der Waals surface area contributed by atoms with Crippen LogP contribution in [0.15, 0.2) is 0 Å². The van der Waals surface area contributed by atoms with E-state index in [1.54, 1.807) is 41.5 Å². The van der Waals surface area contributed by atoms with Crippen molar-refractivity contribution in [2.24, 2.45) is 0 Å². The molecule has 0 saturated heterocycles. The van der Waals surface area contributed by atoms with Crippen LogP contribution in [0.3, 0.4) is 0 Å². The molecule has 0 saturated carbocycles. The summed E-state index contributed by atoms with van der Waals surface area (Å²) in [5.74, 6) is 0. The smallest absolute Gasteiger partial charge is 0.255 e. The van der Waals surface area contributed by atoms with Gasteiger partial charge in [0.05, 0.1) is 17.1 Å². The van der Waals surface area contributed by atoms with Gasteiger partial charge in [0, 0.05) is 57.1 Å². The van der Waals surface area contributed by atoms with E-state index < -0.39 is 0 Å². The van der Waals surface area contributed by atoms with E-state index in [-0.39, 0.29) is 46.7 Å². The molecule has 0 radical (unpaired) electrons. The number of aromatic amines is 3. The number of aromatic nitrogens is 6. The minimum Gasteiger partial charge on any atom is -0.394 e. The number of nitrogens with one attached hydrogen (secondary N) is 3. The molecule has 0 atom stereocenters. The van der Waals surface area contributed by atoms with Crippen molar-refractivity contribution in [2.45, 2.75) is 101 Å². The van der Waals surface area contributed by atoms with Crippen molar-refractivity contribution in [1.29, 1.82) is 0 Å². The maximum absolute atomic E-state index is 8.06. The number of rotatable bonds is 3. The van der Waals surface area contributed by atoms with Crippen LogP contribution in [0.2, 0.25) is 0 Å². The number of aliphatic hydroxyl groups is 3. The molecule has 3 rings (SSSR count). The Hall–Kier alpha value is -1.71. The molecular formula is C24H45BN6O3Ti. The summed E-state index contributed by atoms with van der Waals surface area (Å²) in [6.07, 6.45) is -0.500. The van der Waals surface area contributed by atoms with Crippen molar-refractivity contribution < 1.29 is 37.0 Å². The first-order chi connectivity index (χ1) is 15.6. The van der Waals surface area contributed by atoms with Crippen molar-refractivity contribution in [3.05, 3.63) is 34.2 Å². The summed E-state index contributed by atoms with van der Waals surface area (Å²) >= 11 is 0. The van der Waals surface area contributed by atoms with E-state index in [9.17, 15) is 0 Å². The Labute approximate surface area is 225 Å². The molecular weight excluding hydrogens is 479 g/mol. The molecule has 6 N–H and O–H groups in total. The molecule has 35 heavy (non-hydrogen) atoms. The number of hydrogen-bond acceptors (Lipinski definition) is 6. The Morgan fingerprint density at radius 3 is 0.800 bits per heavy atom. The van der Waals surface area contributed by atoms with Crippen molar-refractivity contribution in [2.75, 3.05) is 0 Å². The molecule has 11 heteroatoms. The van der Waals surface area contributed by atoms with Crippen LogP contribution in [-0.2, 0) is 21.7 Å². The molecule has 9 nitrogen and oxygen atoms in total. The third-order valence-electron chi connectivity index (χ3n) is 4.42. The largest absolute Gasteiger partial charge is 0.394 e. The standard InChI is InChI=1S/C15H21BN6.3C3H8O.Ti/c1-7-13(8(2)18-17-7)16(14-9(3)19-20-10(14)4)15-11(5)21-22-12(15)6;3*1-3(2)4;/h1-6H3,(H,17,18)(H,19,20)(H,21,22);3*3-4H,1-2H3;. The van der Waals surface area contributed by atoms with Gasteiger partial charge < -0.3 is 15.3 Å². The summed E-state index contributed by atoms with van der Waals surface area (Å²) < 4.78 is 0. The second-order valence-corrected chi connectivity index (χ2v) is 9.26. The summed E-state index contributed by atoms with van der Waals surface area (Å²) in [5.41, 5.74) is 9.93. The summed E-state index contributed by atoms with van der Waals surface area (Å²) in [7, 11) is 0. The summed E-state index contributed by atoms with van der Waals surface area (Å²) in [6.45, 7) is 22.7. The molecule has 0 aromatic carbocycles. The molecule has 0 unspecified atom stereocenters. The molecule has 196 valence electrons. The number of nitrogens with zero attached hydrogens (tertiary/aromatic N) is 3. The van der Waals surface area contributed by atoms with Crippen LogP contribution in [0.25, 0.3) is 0 Å².